The van der Waals surface area contributed by atoms with Crippen molar-refractivity contribution in [3.05, 3.63) is 44.5 Å². The molecule has 3 aromatic rings. The number of nitriles is 1. The van der Waals surface area contributed by atoms with E-state index in [4.69, 9.17) is 16.9 Å². The summed E-state index contributed by atoms with van der Waals surface area (Å²) in [6.07, 6.45) is 0. The van der Waals surface area contributed by atoms with Crippen LogP contribution in [-0.4, -0.2) is 9.97 Å². The van der Waals surface area contributed by atoms with Gasteiger partial charge in [0.25, 0.3) is 0 Å². The van der Waals surface area contributed by atoms with Crippen molar-refractivity contribution in [3.8, 4) is 6.07 Å². The lowest BCUT2D eigenvalue weighted by molar-refractivity contribution is 1.23. The van der Waals surface area contributed by atoms with Gasteiger partial charge in [-0.2, -0.15) is 10.2 Å². The predicted molar refractivity (Wildman–Crippen MR) is 89.3 cm³/mol. The number of hydrogen-bond acceptors (Lipinski definition) is 5. The first-order valence-corrected chi connectivity index (χ1v) is 7.96. The second kappa shape index (κ2) is 5.60. The smallest absolute Gasteiger partial charge is 0.225 e. The summed E-state index contributed by atoms with van der Waals surface area (Å²) in [5, 5.41) is 13.3. The SMILES string of the molecule is Cc1cc2c(Nc3ccc(C#N)cc3Br)nc(Cl)nc2s1. The Labute approximate surface area is 138 Å². The van der Waals surface area contributed by atoms with Crippen LogP contribution in [0.2, 0.25) is 5.28 Å². The van der Waals surface area contributed by atoms with E-state index in [9.17, 15) is 0 Å². The van der Waals surface area contributed by atoms with Gasteiger partial charge in [0.15, 0.2) is 0 Å². The van der Waals surface area contributed by atoms with E-state index in [1.54, 1.807) is 23.5 Å². The summed E-state index contributed by atoms with van der Waals surface area (Å²) in [5.41, 5.74) is 1.40. The fraction of sp³-hybridized carbons (Fsp3) is 0.0714. The van der Waals surface area contributed by atoms with Crippen LogP contribution in [0.25, 0.3) is 10.2 Å². The number of rotatable bonds is 2. The molecule has 0 aliphatic carbocycles. The molecule has 0 spiro atoms. The Balaban J connectivity index is 2.08. The fourth-order valence-electron chi connectivity index (χ4n) is 1.92. The van der Waals surface area contributed by atoms with Crippen LogP contribution in [0.3, 0.4) is 0 Å². The Kier molecular flexibility index (Phi) is 3.81. The number of anilines is 2. The maximum absolute atomic E-state index is 8.90. The minimum absolute atomic E-state index is 0.205. The standard InChI is InChI=1S/C14H8BrClN4S/c1-7-4-9-12(19-14(16)20-13(9)21-7)18-11-3-2-8(6-17)5-10(11)15/h2-5H,1H3,(H,18,19,20). The highest BCUT2D eigenvalue weighted by atomic mass is 79.9. The lowest BCUT2D eigenvalue weighted by Gasteiger charge is -2.09. The molecule has 21 heavy (non-hydrogen) atoms. The van der Waals surface area contributed by atoms with Crippen LogP contribution < -0.4 is 5.32 Å². The summed E-state index contributed by atoms with van der Waals surface area (Å²) in [6, 6.07) is 9.44. The molecule has 0 radical (unpaired) electrons. The summed E-state index contributed by atoms with van der Waals surface area (Å²) in [7, 11) is 0. The quantitative estimate of drug-likeness (QED) is 0.634. The normalized spacial score (nSPS) is 10.6. The largest absolute Gasteiger partial charge is 0.339 e. The highest BCUT2D eigenvalue weighted by molar-refractivity contribution is 9.10. The lowest BCUT2D eigenvalue weighted by atomic mass is 10.2. The average Bonchev–Trinajstić information content (AvgIpc) is 2.81. The third kappa shape index (κ3) is 2.86. The van der Waals surface area contributed by atoms with Crippen molar-refractivity contribution in [1.82, 2.24) is 9.97 Å². The molecule has 104 valence electrons. The van der Waals surface area contributed by atoms with Gasteiger partial charge in [0.1, 0.15) is 10.6 Å². The molecule has 1 aromatic carbocycles. The Morgan fingerprint density at radius 3 is 2.86 bits per heavy atom. The zero-order valence-electron chi connectivity index (χ0n) is 10.8. The van der Waals surface area contributed by atoms with Crippen LogP contribution in [0, 0.1) is 18.3 Å². The summed E-state index contributed by atoms with van der Waals surface area (Å²) < 4.78 is 0.788. The average molecular weight is 380 g/mol. The van der Waals surface area contributed by atoms with Crippen molar-refractivity contribution in [2.45, 2.75) is 6.92 Å². The van der Waals surface area contributed by atoms with Gasteiger partial charge in [-0.3, -0.25) is 0 Å². The summed E-state index contributed by atoms with van der Waals surface area (Å²) in [6.45, 7) is 2.02. The molecule has 0 aliphatic rings. The Bertz CT molecular complexity index is 885. The van der Waals surface area contributed by atoms with Gasteiger partial charge in [-0.05, 0) is 58.7 Å². The molecule has 2 heterocycles. The Morgan fingerprint density at radius 1 is 1.33 bits per heavy atom. The molecule has 2 aromatic heterocycles. The minimum atomic E-state index is 0.205. The number of benzene rings is 1. The molecule has 0 atom stereocenters. The van der Waals surface area contributed by atoms with Crippen LogP contribution >= 0.6 is 38.9 Å². The maximum atomic E-state index is 8.90. The van der Waals surface area contributed by atoms with Crippen molar-refractivity contribution >= 4 is 60.6 Å². The Morgan fingerprint density at radius 2 is 2.14 bits per heavy atom. The Hall–Kier alpha value is -1.68. The number of halogens is 2. The molecule has 4 nitrogen and oxygen atoms in total. The van der Waals surface area contributed by atoms with Crippen LogP contribution in [0.5, 0.6) is 0 Å². The van der Waals surface area contributed by atoms with Gasteiger partial charge >= 0.3 is 0 Å². The molecule has 0 unspecified atom stereocenters. The first-order valence-electron chi connectivity index (χ1n) is 5.97. The van der Waals surface area contributed by atoms with E-state index in [0.29, 0.717) is 11.4 Å². The van der Waals surface area contributed by atoms with Gasteiger partial charge < -0.3 is 5.32 Å². The maximum Gasteiger partial charge on any atom is 0.225 e. The van der Waals surface area contributed by atoms with Crippen molar-refractivity contribution in [2.75, 3.05) is 5.32 Å². The van der Waals surface area contributed by atoms with E-state index in [1.807, 2.05) is 19.1 Å². The highest BCUT2D eigenvalue weighted by Crippen LogP contribution is 2.33. The van der Waals surface area contributed by atoms with Crippen molar-refractivity contribution in [3.63, 3.8) is 0 Å². The zero-order chi connectivity index (χ0) is 15.0. The molecule has 3 rings (SSSR count). The van der Waals surface area contributed by atoms with E-state index in [1.165, 1.54) is 0 Å². The zero-order valence-corrected chi connectivity index (χ0v) is 14.0. The first-order chi connectivity index (χ1) is 10.1. The second-order valence-electron chi connectivity index (χ2n) is 4.35. The van der Waals surface area contributed by atoms with Gasteiger partial charge in [0, 0.05) is 9.35 Å². The van der Waals surface area contributed by atoms with E-state index in [2.05, 4.69) is 37.3 Å². The predicted octanol–water partition coefficient (Wildman–Crippen LogP) is 5.03. The van der Waals surface area contributed by atoms with E-state index >= 15 is 0 Å². The van der Waals surface area contributed by atoms with Crippen LogP contribution in [0.4, 0.5) is 11.5 Å². The van der Waals surface area contributed by atoms with Gasteiger partial charge in [-0.25, -0.2) is 4.98 Å². The highest BCUT2D eigenvalue weighted by Gasteiger charge is 2.11. The number of thiophene rings is 1. The molecule has 1 N–H and O–H groups in total. The molecular formula is C14H8BrClN4S. The number of fused-ring (bicyclic) bond motifs is 1. The third-order valence-electron chi connectivity index (χ3n) is 2.84. The molecular weight excluding hydrogens is 372 g/mol. The van der Waals surface area contributed by atoms with Crippen molar-refractivity contribution in [1.29, 1.82) is 5.26 Å². The van der Waals surface area contributed by atoms with Gasteiger partial charge in [0.2, 0.25) is 5.28 Å². The van der Waals surface area contributed by atoms with Gasteiger partial charge in [0.05, 0.1) is 22.7 Å². The second-order valence-corrected chi connectivity index (χ2v) is 6.78. The molecule has 0 saturated carbocycles. The first kappa shape index (κ1) is 14.3. The topological polar surface area (TPSA) is 61.6 Å². The van der Waals surface area contributed by atoms with Crippen LogP contribution in [0.15, 0.2) is 28.7 Å². The molecule has 0 fully saturated rings. The van der Waals surface area contributed by atoms with Crippen molar-refractivity contribution < 1.29 is 0 Å². The van der Waals surface area contributed by atoms with E-state index in [0.717, 1.165) is 25.3 Å². The van der Waals surface area contributed by atoms with Gasteiger partial charge in [-0.15, -0.1) is 11.3 Å². The lowest BCUT2D eigenvalue weighted by Crippen LogP contribution is -1.97. The monoisotopic (exact) mass is 378 g/mol. The molecule has 0 saturated heterocycles. The van der Waals surface area contributed by atoms with Crippen LogP contribution in [-0.2, 0) is 0 Å². The number of nitrogens with one attached hydrogen (secondary N) is 1. The van der Waals surface area contributed by atoms with E-state index in [-0.39, 0.29) is 5.28 Å². The number of aromatic nitrogens is 2. The summed E-state index contributed by atoms with van der Waals surface area (Å²) >= 11 is 11.0. The van der Waals surface area contributed by atoms with E-state index < -0.39 is 0 Å². The molecule has 0 amide bonds. The van der Waals surface area contributed by atoms with Crippen molar-refractivity contribution in [2.24, 2.45) is 0 Å². The summed E-state index contributed by atoms with van der Waals surface area (Å²) in [5.74, 6) is 0.653. The third-order valence-corrected chi connectivity index (χ3v) is 4.61. The molecule has 0 aliphatic heterocycles. The van der Waals surface area contributed by atoms with Crippen LogP contribution in [0.1, 0.15) is 10.4 Å². The fourth-order valence-corrected chi connectivity index (χ4v) is 3.50. The molecule has 0 bridgehead atoms. The molecule has 7 heteroatoms. The minimum Gasteiger partial charge on any atom is -0.339 e. The number of hydrogen-bond donors (Lipinski definition) is 1. The van der Waals surface area contributed by atoms with Gasteiger partial charge in [-0.1, -0.05) is 0 Å². The summed E-state index contributed by atoms with van der Waals surface area (Å²) in [4.78, 5) is 10.5. The number of aryl methyl sites for hydroxylation is 1. The number of nitrogens with zero attached hydrogens (tertiary/aromatic N) is 3.